The van der Waals surface area contributed by atoms with E-state index in [2.05, 4.69) is 202 Å². The number of aryl methyl sites for hydroxylation is 1. The summed E-state index contributed by atoms with van der Waals surface area (Å²) < 4.78 is 2.44. The third-order valence-corrected chi connectivity index (χ3v) is 15.4. The largest absolute Gasteiger partial charge is 0.341 e. The number of rotatable bonds is 10. The Hall–Kier alpha value is -6.35. The molecule has 0 aliphatic carbocycles. The van der Waals surface area contributed by atoms with E-state index >= 15 is 0 Å². The first kappa shape index (κ1) is 36.7. The first-order valence-electron chi connectivity index (χ1n) is 20.0. The molecule has 0 unspecified atom stereocenters. The number of anilines is 3. The van der Waals surface area contributed by atoms with Crippen molar-refractivity contribution < 1.29 is 0 Å². The van der Waals surface area contributed by atoms with Crippen LogP contribution in [0.3, 0.4) is 0 Å². The fraction of sp³-hybridized carbons (Fsp3) is 0.0377. The highest BCUT2D eigenvalue weighted by Crippen LogP contribution is 2.43. The molecule has 0 aliphatic heterocycles. The average molecular weight is 844 g/mol. The lowest BCUT2D eigenvalue weighted by atomic mass is 10.1. The minimum atomic E-state index is 0.918. The van der Waals surface area contributed by atoms with Crippen molar-refractivity contribution in [2.45, 2.75) is 13.5 Å². The van der Waals surface area contributed by atoms with Gasteiger partial charge in [-0.25, -0.2) is 0 Å². The molecular weight excluding hydrogens is 807 g/mol. The number of thiophene rings is 4. The van der Waals surface area contributed by atoms with Gasteiger partial charge in [0.25, 0.3) is 0 Å². The van der Waals surface area contributed by atoms with Crippen LogP contribution < -0.4 is 4.90 Å². The normalized spacial score (nSPS) is 11.5. The lowest BCUT2D eigenvalue weighted by Gasteiger charge is -2.26. The van der Waals surface area contributed by atoms with Gasteiger partial charge in [-0.05, 0) is 160 Å². The predicted molar refractivity (Wildman–Crippen MR) is 262 cm³/mol. The van der Waals surface area contributed by atoms with Gasteiger partial charge < -0.3 is 9.47 Å². The van der Waals surface area contributed by atoms with Gasteiger partial charge in [-0.15, -0.1) is 45.3 Å². The van der Waals surface area contributed by atoms with Gasteiger partial charge in [0, 0.05) is 87.1 Å². The number of fused-ring (bicyclic) bond motifs is 3. The van der Waals surface area contributed by atoms with Gasteiger partial charge in [0.2, 0.25) is 0 Å². The molecule has 0 aliphatic rings. The van der Waals surface area contributed by atoms with Crippen LogP contribution in [0.2, 0.25) is 0 Å². The molecule has 5 aromatic carbocycles. The zero-order valence-electron chi connectivity index (χ0n) is 32.7. The molecule has 11 aromatic rings. The second kappa shape index (κ2) is 15.7. The van der Waals surface area contributed by atoms with Crippen molar-refractivity contribution in [2.24, 2.45) is 0 Å². The number of pyridine rings is 1. The Labute approximate surface area is 365 Å². The maximum absolute atomic E-state index is 4.20. The molecule has 288 valence electrons. The fourth-order valence-electron chi connectivity index (χ4n) is 8.22. The van der Waals surface area contributed by atoms with E-state index in [9.17, 15) is 0 Å². The van der Waals surface area contributed by atoms with Crippen molar-refractivity contribution in [3.8, 4) is 62.6 Å². The summed E-state index contributed by atoms with van der Waals surface area (Å²) >= 11 is 7.23. The lowest BCUT2D eigenvalue weighted by molar-refractivity contribution is 0.827. The second-order valence-corrected chi connectivity index (χ2v) is 18.8. The maximum atomic E-state index is 4.20. The molecule has 0 bridgehead atoms. The molecule has 0 saturated carbocycles. The van der Waals surface area contributed by atoms with Gasteiger partial charge in [0.05, 0.1) is 0 Å². The van der Waals surface area contributed by atoms with Crippen molar-refractivity contribution in [1.82, 2.24) is 9.55 Å². The summed E-state index contributed by atoms with van der Waals surface area (Å²) in [6, 6.07) is 62.6. The van der Waals surface area contributed by atoms with E-state index in [1.165, 1.54) is 84.4 Å². The molecule has 6 heterocycles. The van der Waals surface area contributed by atoms with Crippen LogP contribution in [0.4, 0.5) is 17.1 Å². The molecule has 7 heteroatoms. The highest BCUT2D eigenvalue weighted by atomic mass is 32.1. The Morgan fingerprint density at radius 3 is 1.20 bits per heavy atom. The maximum Gasteiger partial charge on any atom is 0.0491 e. The molecule has 0 spiro atoms. The molecule has 0 N–H and O–H groups in total. The van der Waals surface area contributed by atoms with E-state index in [-0.39, 0.29) is 0 Å². The Morgan fingerprint density at radius 2 is 0.800 bits per heavy atom. The molecule has 0 fully saturated rings. The second-order valence-electron chi connectivity index (χ2n) is 14.7. The van der Waals surface area contributed by atoms with Gasteiger partial charge >= 0.3 is 0 Å². The summed E-state index contributed by atoms with van der Waals surface area (Å²) in [6.45, 7) is 3.16. The monoisotopic (exact) mass is 843 g/mol. The molecule has 0 radical (unpaired) electrons. The molecule has 0 saturated heterocycles. The van der Waals surface area contributed by atoms with Gasteiger partial charge in [-0.3, -0.25) is 4.98 Å². The summed E-state index contributed by atoms with van der Waals surface area (Å²) in [7, 11) is 0. The molecule has 3 nitrogen and oxygen atoms in total. The van der Waals surface area contributed by atoms with E-state index < -0.39 is 0 Å². The van der Waals surface area contributed by atoms with Gasteiger partial charge in [-0.1, -0.05) is 60.7 Å². The van der Waals surface area contributed by atoms with Crippen molar-refractivity contribution in [2.75, 3.05) is 4.90 Å². The summed E-state index contributed by atoms with van der Waals surface area (Å²) in [5.41, 5.74) is 13.3. The van der Waals surface area contributed by atoms with Crippen molar-refractivity contribution in [1.29, 1.82) is 0 Å². The highest BCUT2D eigenvalue weighted by Gasteiger charge is 2.17. The Morgan fingerprint density at radius 1 is 0.417 bits per heavy atom. The zero-order valence-corrected chi connectivity index (χ0v) is 35.9. The first-order valence-corrected chi connectivity index (χ1v) is 23.4. The Balaban J connectivity index is 0.906. The minimum Gasteiger partial charge on any atom is -0.341 e. The molecule has 0 atom stereocenters. The molecule has 60 heavy (non-hydrogen) atoms. The topological polar surface area (TPSA) is 21.1 Å². The van der Waals surface area contributed by atoms with Crippen LogP contribution in [-0.4, -0.2) is 9.55 Å². The van der Waals surface area contributed by atoms with Crippen LogP contribution in [0.5, 0.6) is 0 Å². The minimum absolute atomic E-state index is 0.918. The van der Waals surface area contributed by atoms with E-state index in [4.69, 9.17) is 0 Å². The number of hydrogen-bond acceptors (Lipinski definition) is 6. The van der Waals surface area contributed by atoms with Crippen LogP contribution in [0.1, 0.15) is 6.92 Å². The average Bonchev–Trinajstić information content (AvgIpc) is 4.18. The van der Waals surface area contributed by atoms with Crippen molar-refractivity contribution in [3.63, 3.8) is 0 Å². The first-order chi connectivity index (χ1) is 29.7. The van der Waals surface area contributed by atoms with Crippen LogP contribution in [-0.2, 0) is 6.54 Å². The van der Waals surface area contributed by atoms with E-state index in [1.807, 2.05) is 35.1 Å². The molecule has 11 rings (SSSR count). The summed E-state index contributed by atoms with van der Waals surface area (Å²) in [5, 5.41) is 6.86. The fourth-order valence-corrected chi connectivity index (χ4v) is 11.7. The number of nitrogens with zero attached hydrogens (tertiary/aromatic N) is 3. The molecule has 6 aromatic heterocycles. The smallest absolute Gasteiger partial charge is 0.0491 e. The Kier molecular flexibility index (Phi) is 9.59. The highest BCUT2D eigenvalue weighted by molar-refractivity contribution is 7.19. The Bertz CT molecular complexity index is 3130. The van der Waals surface area contributed by atoms with Crippen LogP contribution >= 0.6 is 45.3 Å². The van der Waals surface area contributed by atoms with Gasteiger partial charge in [-0.2, -0.15) is 0 Å². The van der Waals surface area contributed by atoms with Crippen LogP contribution in [0.15, 0.2) is 193 Å². The lowest BCUT2D eigenvalue weighted by Crippen LogP contribution is -2.09. The predicted octanol–water partition coefficient (Wildman–Crippen LogP) is 16.9. The van der Waals surface area contributed by atoms with Crippen molar-refractivity contribution >= 4 is 84.2 Å². The van der Waals surface area contributed by atoms with Gasteiger partial charge in [0.15, 0.2) is 0 Å². The van der Waals surface area contributed by atoms with Crippen LogP contribution in [0, 0.1) is 0 Å². The molecular formula is C53H37N3S4. The van der Waals surface area contributed by atoms with Crippen molar-refractivity contribution in [3.05, 3.63) is 193 Å². The van der Waals surface area contributed by atoms with E-state index in [1.54, 1.807) is 22.7 Å². The summed E-state index contributed by atoms with van der Waals surface area (Å²) in [6.07, 6.45) is 3.72. The number of aromatic nitrogens is 2. The van der Waals surface area contributed by atoms with E-state index in [0.29, 0.717) is 0 Å². The summed E-state index contributed by atoms with van der Waals surface area (Å²) in [5.74, 6) is 0. The molecule has 0 amide bonds. The SMILES string of the molecule is CCn1c2ccc(-c3ccc(-c4ccncc4)s3)cc2c2cc(-c3ccc(-c4ccc(N(c5ccc(-c6cccs6)cc5)c5ccc(-c6cccs6)cc5)cc4)s3)ccc21. The van der Waals surface area contributed by atoms with Crippen LogP contribution in [0.25, 0.3) is 84.4 Å². The quantitative estimate of drug-likeness (QED) is 0.137. The van der Waals surface area contributed by atoms with E-state index in [0.717, 1.165) is 23.6 Å². The third kappa shape index (κ3) is 6.79. The number of benzene rings is 5. The van der Waals surface area contributed by atoms with Gasteiger partial charge in [0.1, 0.15) is 0 Å². The standard InChI is InChI=1S/C53H37N3S4/c1-2-55-46-21-13-39(33-44(46)45-34-40(14-22-47(45)55)53-26-24-51(60-53)38-27-29-54-30-28-38)52-25-23-50(59-52)37-11-19-43(20-12-37)56(41-15-7-35(8-16-41)48-5-3-31-57-48)42-17-9-36(10-18-42)49-6-4-32-58-49/h3-34H,2H2,1H3. The third-order valence-electron chi connectivity index (χ3n) is 11.2. The summed E-state index contributed by atoms with van der Waals surface area (Å²) in [4.78, 5) is 14.2. The zero-order chi connectivity index (χ0) is 40.0. The number of hydrogen-bond donors (Lipinski definition) is 0.